The molecule has 0 radical (unpaired) electrons. The second-order valence-electron chi connectivity index (χ2n) is 8.37. The van der Waals surface area contributed by atoms with E-state index in [2.05, 4.69) is 5.10 Å². The van der Waals surface area contributed by atoms with Gasteiger partial charge in [-0.3, -0.25) is 9.48 Å². The highest BCUT2D eigenvalue weighted by Crippen LogP contribution is 2.37. The van der Waals surface area contributed by atoms with Crippen LogP contribution in [0.2, 0.25) is 0 Å². The summed E-state index contributed by atoms with van der Waals surface area (Å²) in [4.78, 5) is 25.7. The number of aryl methyl sites for hydroxylation is 1. The van der Waals surface area contributed by atoms with E-state index in [1.165, 1.54) is 25.8 Å². The normalized spacial score (nSPS) is 10.9. The van der Waals surface area contributed by atoms with Gasteiger partial charge in [0, 0.05) is 31.2 Å². The quantitative estimate of drug-likeness (QED) is 0.400. The number of carboxylic acid groups (broad SMARTS) is 1. The van der Waals surface area contributed by atoms with Crippen molar-refractivity contribution in [3.63, 3.8) is 0 Å². The van der Waals surface area contributed by atoms with Crippen LogP contribution in [0.3, 0.4) is 0 Å². The van der Waals surface area contributed by atoms with E-state index in [1.54, 1.807) is 31.2 Å². The molecule has 4 rings (SSSR count). The lowest BCUT2D eigenvalue weighted by molar-refractivity contribution is 0.153. The molecule has 0 saturated heterocycles. The summed E-state index contributed by atoms with van der Waals surface area (Å²) in [6.07, 6.45) is 2.37. The Hall–Kier alpha value is -4.47. The van der Waals surface area contributed by atoms with Crippen molar-refractivity contribution in [2.75, 3.05) is 28.4 Å². The molecule has 0 spiro atoms. The maximum atomic E-state index is 13.1. The number of amides is 1. The van der Waals surface area contributed by atoms with Crippen LogP contribution in [0.25, 0.3) is 22.0 Å². The van der Waals surface area contributed by atoms with Crippen LogP contribution in [0.15, 0.2) is 53.6 Å². The molecule has 0 saturated carbocycles. The molecule has 0 aliphatic carbocycles. The second kappa shape index (κ2) is 10.0. The summed E-state index contributed by atoms with van der Waals surface area (Å²) in [6.45, 7) is 0.504. The molecule has 0 aliphatic rings. The van der Waals surface area contributed by atoms with Gasteiger partial charge in [0.15, 0.2) is 0 Å². The summed E-state index contributed by atoms with van der Waals surface area (Å²) in [5.41, 5.74) is 3.39. The van der Waals surface area contributed by atoms with Gasteiger partial charge in [-0.05, 0) is 35.4 Å². The lowest BCUT2D eigenvalue weighted by atomic mass is 10.0. The van der Waals surface area contributed by atoms with Crippen molar-refractivity contribution >= 4 is 17.0 Å². The van der Waals surface area contributed by atoms with E-state index >= 15 is 0 Å². The van der Waals surface area contributed by atoms with Crippen LogP contribution in [0, 0.1) is 0 Å². The number of hydrogen-bond acceptors (Lipinski definition) is 6. The van der Waals surface area contributed by atoms with Crippen molar-refractivity contribution in [1.29, 1.82) is 0 Å². The topological polar surface area (TPSA) is 108 Å². The molecule has 4 aromatic rings. The standard InChI is InChI=1S/C26H28N4O6/c1-28-14-20(17-10-22(35-4)21(23(11-17)36-5)15-29(2)26(32)33)19-12-27-30(24(19)25(28)31)13-16-6-8-18(34-3)9-7-16/h6-12,14H,13,15H2,1-5H3,(H,32,33). The summed E-state index contributed by atoms with van der Waals surface area (Å²) < 4.78 is 19.6. The van der Waals surface area contributed by atoms with Gasteiger partial charge in [-0.25, -0.2) is 4.79 Å². The van der Waals surface area contributed by atoms with Gasteiger partial charge in [-0.15, -0.1) is 0 Å². The Kier molecular flexibility index (Phi) is 6.86. The average Bonchev–Trinajstić information content (AvgIpc) is 3.30. The first kappa shape index (κ1) is 24.6. The molecule has 1 N–H and O–H groups in total. The average molecular weight is 493 g/mol. The Morgan fingerprint density at radius 3 is 2.25 bits per heavy atom. The summed E-state index contributed by atoms with van der Waals surface area (Å²) in [7, 11) is 7.82. The Morgan fingerprint density at radius 2 is 1.69 bits per heavy atom. The zero-order valence-electron chi connectivity index (χ0n) is 20.8. The highest BCUT2D eigenvalue weighted by molar-refractivity contribution is 5.94. The van der Waals surface area contributed by atoms with Gasteiger partial charge in [0.1, 0.15) is 22.8 Å². The number of fused-ring (bicyclic) bond motifs is 1. The zero-order valence-corrected chi connectivity index (χ0v) is 20.8. The molecule has 2 heterocycles. The molecule has 0 aliphatic heterocycles. The lowest BCUT2D eigenvalue weighted by Crippen LogP contribution is -2.24. The van der Waals surface area contributed by atoms with Gasteiger partial charge < -0.3 is 28.8 Å². The number of carbonyl (C=O) groups is 1. The summed E-state index contributed by atoms with van der Waals surface area (Å²) >= 11 is 0. The molecule has 0 atom stereocenters. The maximum Gasteiger partial charge on any atom is 0.407 e. The van der Waals surface area contributed by atoms with Gasteiger partial charge >= 0.3 is 6.09 Å². The van der Waals surface area contributed by atoms with Crippen molar-refractivity contribution in [2.45, 2.75) is 13.1 Å². The second-order valence-corrected chi connectivity index (χ2v) is 8.37. The first-order valence-corrected chi connectivity index (χ1v) is 11.1. The molecule has 0 unspecified atom stereocenters. The van der Waals surface area contributed by atoms with E-state index in [1.807, 2.05) is 36.4 Å². The number of pyridine rings is 1. The molecule has 10 heteroatoms. The summed E-state index contributed by atoms with van der Waals surface area (Å²) in [5.74, 6) is 1.71. The fourth-order valence-corrected chi connectivity index (χ4v) is 4.15. The number of nitrogens with zero attached hydrogens (tertiary/aromatic N) is 4. The predicted molar refractivity (Wildman–Crippen MR) is 135 cm³/mol. The first-order valence-electron chi connectivity index (χ1n) is 11.1. The van der Waals surface area contributed by atoms with Crippen LogP contribution in [0.4, 0.5) is 4.79 Å². The number of rotatable bonds is 8. The molecule has 1 amide bonds. The minimum atomic E-state index is -1.06. The Bertz CT molecular complexity index is 1450. The number of benzene rings is 2. The van der Waals surface area contributed by atoms with Crippen LogP contribution in [0.1, 0.15) is 11.1 Å². The van der Waals surface area contributed by atoms with E-state index in [0.717, 1.165) is 27.3 Å². The van der Waals surface area contributed by atoms with Crippen molar-refractivity contribution in [3.05, 3.63) is 70.3 Å². The molecule has 0 bridgehead atoms. The van der Waals surface area contributed by atoms with Gasteiger partial charge in [0.25, 0.3) is 5.56 Å². The highest BCUT2D eigenvalue weighted by atomic mass is 16.5. The minimum absolute atomic E-state index is 0.0877. The van der Waals surface area contributed by atoms with E-state index in [0.29, 0.717) is 34.5 Å². The molecular formula is C26H28N4O6. The summed E-state index contributed by atoms with van der Waals surface area (Å²) in [6, 6.07) is 11.2. The fraction of sp³-hybridized carbons (Fsp3) is 0.269. The van der Waals surface area contributed by atoms with Crippen molar-refractivity contribution in [3.8, 4) is 28.4 Å². The van der Waals surface area contributed by atoms with Gasteiger partial charge in [0.2, 0.25) is 0 Å². The zero-order chi connectivity index (χ0) is 26.0. The number of ether oxygens (including phenoxy) is 3. The molecule has 36 heavy (non-hydrogen) atoms. The largest absolute Gasteiger partial charge is 0.497 e. The van der Waals surface area contributed by atoms with Crippen LogP contribution in [0.5, 0.6) is 17.2 Å². The Morgan fingerprint density at radius 1 is 1.06 bits per heavy atom. The van der Waals surface area contributed by atoms with Gasteiger partial charge in [-0.2, -0.15) is 5.10 Å². The highest BCUT2D eigenvalue weighted by Gasteiger charge is 2.20. The SMILES string of the molecule is COc1ccc(Cn2ncc3c(-c4cc(OC)c(CN(C)C(=O)O)c(OC)c4)cn(C)c(=O)c32)cc1. The molecule has 188 valence electrons. The summed E-state index contributed by atoms with van der Waals surface area (Å²) in [5, 5.41) is 14.5. The lowest BCUT2D eigenvalue weighted by Gasteiger charge is -2.20. The Labute approximate surface area is 207 Å². The number of aromatic nitrogens is 3. The van der Waals surface area contributed by atoms with Gasteiger partial charge in [0.05, 0.1) is 46.2 Å². The third-order valence-corrected chi connectivity index (χ3v) is 6.11. The van der Waals surface area contributed by atoms with E-state index < -0.39 is 6.09 Å². The van der Waals surface area contributed by atoms with Gasteiger partial charge in [-0.1, -0.05) is 12.1 Å². The van der Waals surface area contributed by atoms with Crippen LogP contribution < -0.4 is 19.8 Å². The third-order valence-electron chi connectivity index (χ3n) is 6.11. The molecule has 2 aromatic carbocycles. The van der Waals surface area contributed by atoms with Crippen LogP contribution in [-0.2, 0) is 20.1 Å². The van der Waals surface area contributed by atoms with Crippen molar-refractivity contribution < 1.29 is 24.1 Å². The first-order chi connectivity index (χ1) is 17.3. The van der Waals surface area contributed by atoms with Crippen molar-refractivity contribution in [2.24, 2.45) is 7.05 Å². The predicted octanol–water partition coefficient (Wildman–Crippen LogP) is 3.59. The van der Waals surface area contributed by atoms with E-state index in [-0.39, 0.29) is 12.1 Å². The monoisotopic (exact) mass is 492 g/mol. The molecule has 2 aromatic heterocycles. The van der Waals surface area contributed by atoms with Crippen LogP contribution in [-0.4, -0.2) is 58.8 Å². The smallest absolute Gasteiger partial charge is 0.407 e. The fourth-order valence-electron chi connectivity index (χ4n) is 4.15. The van der Waals surface area contributed by atoms with Crippen LogP contribution >= 0.6 is 0 Å². The maximum absolute atomic E-state index is 13.1. The number of hydrogen-bond donors (Lipinski definition) is 1. The molecule has 0 fully saturated rings. The Balaban J connectivity index is 1.84. The molecular weight excluding hydrogens is 464 g/mol. The number of methoxy groups -OCH3 is 3. The van der Waals surface area contributed by atoms with Crippen molar-refractivity contribution in [1.82, 2.24) is 19.2 Å². The third kappa shape index (κ3) is 4.57. The minimum Gasteiger partial charge on any atom is -0.497 e. The molecule has 10 nitrogen and oxygen atoms in total. The van der Waals surface area contributed by atoms with E-state index in [9.17, 15) is 14.7 Å². The van der Waals surface area contributed by atoms with E-state index in [4.69, 9.17) is 14.2 Å².